The van der Waals surface area contributed by atoms with Gasteiger partial charge in [0.1, 0.15) is 5.75 Å². The van der Waals surface area contributed by atoms with Gasteiger partial charge >= 0.3 is 0 Å². The van der Waals surface area contributed by atoms with E-state index < -0.39 is 11.6 Å². The first-order chi connectivity index (χ1) is 24.0. The Balaban J connectivity index is 1.48. The van der Waals surface area contributed by atoms with Crippen LogP contribution in [-0.2, 0) is 28.9 Å². The minimum atomic E-state index is -1.45. The second kappa shape index (κ2) is 17.0. The lowest BCUT2D eigenvalue weighted by molar-refractivity contribution is -0.130. The Bertz CT molecular complexity index is 1780. The molecule has 0 unspecified atom stereocenters. The Labute approximate surface area is 285 Å². The van der Waals surface area contributed by atoms with E-state index in [1.54, 1.807) is 26.4 Å². The summed E-state index contributed by atoms with van der Waals surface area (Å²) < 4.78 is 23.1. The van der Waals surface area contributed by atoms with Crippen molar-refractivity contribution in [2.24, 2.45) is 10.1 Å². The number of hydrazine groups is 1. The highest BCUT2D eigenvalue weighted by Gasteiger charge is 2.53. The number of carbonyl (C=O) groups is 1. The molecule has 12 heteroatoms. The molecule has 3 N–H and O–H groups in total. The van der Waals surface area contributed by atoms with Crippen LogP contribution in [0.1, 0.15) is 40.3 Å². The maximum atomic E-state index is 14.5. The fraction of sp³-hybridized carbons (Fsp3) is 0.297. The van der Waals surface area contributed by atoms with Gasteiger partial charge in [-0.3, -0.25) is 10.2 Å². The zero-order chi connectivity index (χ0) is 34.5. The zero-order valence-electron chi connectivity index (χ0n) is 27.5. The maximum absolute atomic E-state index is 14.5. The van der Waals surface area contributed by atoms with Gasteiger partial charge in [-0.2, -0.15) is 0 Å². The zero-order valence-corrected chi connectivity index (χ0v) is 27.5. The largest absolute Gasteiger partial charge is 0.494 e. The number of carbonyl (C=O) groups excluding carboxylic acids is 1. The van der Waals surface area contributed by atoms with Crippen LogP contribution in [0.5, 0.6) is 17.2 Å². The normalized spacial score (nSPS) is 16.6. The molecule has 0 bridgehead atoms. The Kier molecular flexibility index (Phi) is 12.1. The monoisotopic (exact) mass is 664 g/mol. The van der Waals surface area contributed by atoms with Gasteiger partial charge in [-0.15, -0.1) is 0 Å². The highest BCUT2D eigenvalue weighted by Crippen LogP contribution is 2.43. The number of methoxy groups -OCH3 is 2. The summed E-state index contributed by atoms with van der Waals surface area (Å²) in [6.45, 7) is 0.987. The first-order valence-electron chi connectivity index (χ1n) is 16.0. The molecule has 5 rings (SSSR count). The molecule has 0 aromatic heterocycles. The molecule has 4 aromatic carbocycles. The van der Waals surface area contributed by atoms with Gasteiger partial charge in [0.05, 0.1) is 27.4 Å². The number of ether oxygens (including phenoxy) is 4. The van der Waals surface area contributed by atoms with Crippen LogP contribution < -0.4 is 25.1 Å². The molecular weight excluding hydrogens is 624 g/mol. The molecule has 49 heavy (non-hydrogen) atoms. The van der Waals surface area contributed by atoms with Crippen LogP contribution in [-0.4, -0.2) is 56.4 Å². The van der Waals surface area contributed by atoms with E-state index in [4.69, 9.17) is 34.6 Å². The van der Waals surface area contributed by atoms with Crippen LogP contribution in [0.2, 0.25) is 0 Å². The lowest BCUT2D eigenvalue weighted by Gasteiger charge is -2.31. The smallest absolute Gasteiger partial charge is 0.266 e. The average Bonchev–Trinajstić information content (AvgIpc) is 3.54. The van der Waals surface area contributed by atoms with Crippen LogP contribution in [0, 0.1) is 0 Å². The Morgan fingerprint density at radius 1 is 0.980 bits per heavy atom. The Morgan fingerprint density at radius 2 is 1.71 bits per heavy atom. The summed E-state index contributed by atoms with van der Waals surface area (Å²) in [4.78, 5) is 22.6. The topological polar surface area (TPSA) is 159 Å². The first kappa shape index (κ1) is 34.8. The molecule has 254 valence electrons. The van der Waals surface area contributed by atoms with E-state index >= 15 is 0 Å². The van der Waals surface area contributed by atoms with Crippen molar-refractivity contribution in [1.82, 2.24) is 10.9 Å². The molecule has 2 atom stereocenters. The van der Waals surface area contributed by atoms with Crippen LogP contribution in [0.25, 0.3) is 10.4 Å². The molecule has 1 aliphatic rings. The molecule has 0 spiro atoms. The molecule has 1 aliphatic heterocycles. The van der Waals surface area contributed by atoms with E-state index in [1.165, 1.54) is 0 Å². The third-order valence-corrected chi connectivity index (χ3v) is 8.20. The van der Waals surface area contributed by atoms with E-state index in [0.29, 0.717) is 54.7 Å². The van der Waals surface area contributed by atoms with Gasteiger partial charge in [-0.25, -0.2) is 10.4 Å². The van der Waals surface area contributed by atoms with Crippen molar-refractivity contribution in [3.63, 3.8) is 0 Å². The maximum Gasteiger partial charge on any atom is 0.266 e. The minimum Gasteiger partial charge on any atom is -0.494 e. The number of rotatable bonds is 17. The molecular formula is C37H40N6O6. The van der Waals surface area contributed by atoms with Crippen molar-refractivity contribution in [2.45, 2.75) is 37.5 Å². The SMILES string of the molecule is COc1ccc(CCNNC(=O)[C@@]2(Cc3ccccc3CN=[N+]=[N-])N=C(c3ccc(OCCCO)cc3)O[C@H]2c2ccccc2)cc1OC. The van der Waals surface area contributed by atoms with E-state index in [0.717, 1.165) is 22.3 Å². The Morgan fingerprint density at radius 3 is 2.43 bits per heavy atom. The number of hydrogen-bond acceptors (Lipinski definition) is 9. The number of aliphatic hydroxyl groups is 1. The van der Waals surface area contributed by atoms with Crippen molar-refractivity contribution in [2.75, 3.05) is 34.0 Å². The Hall–Kier alpha value is -5.55. The molecule has 0 fully saturated rings. The van der Waals surface area contributed by atoms with E-state index in [2.05, 4.69) is 20.9 Å². The van der Waals surface area contributed by atoms with Crippen molar-refractivity contribution < 1.29 is 28.8 Å². The predicted octanol–water partition coefficient (Wildman–Crippen LogP) is 5.64. The highest BCUT2D eigenvalue weighted by molar-refractivity contribution is 6.01. The van der Waals surface area contributed by atoms with E-state index in [-0.39, 0.29) is 25.5 Å². The molecule has 4 aromatic rings. The molecule has 1 heterocycles. The number of azide groups is 1. The van der Waals surface area contributed by atoms with Gasteiger partial charge in [0, 0.05) is 36.5 Å². The molecule has 1 amide bonds. The summed E-state index contributed by atoms with van der Waals surface area (Å²) in [7, 11) is 3.18. The third kappa shape index (κ3) is 8.49. The summed E-state index contributed by atoms with van der Waals surface area (Å²) in [5.41, 5.74) is 17.7. The fourth-order valence-electron chi connectivity index (χ4n) is 5.69. The van der Waals surface area contributed by atoms with Gasteiger partial charge in [-0.1, -0.05) is 65.8 Å². The second-order valence-electron chi connectivity index (χ2n) is 11.4. The molecule has 0 radical (unpaired) electrons. The quantitative estimate of drug-likeness (QED) is 0.0433. The summed E-state index contributed by atoms with van der Waals surface area (Å²) in [6, 6.07) is 30.1. The van der Waals surface area contributed by atoms with Crippen LogP contribution in [0.15, 0.2) is 107 Å². The summed E-state index contributed by atoms with van der Waals surface area (Å²) >= 11 is 0. The van der Waals surface area contributed by atoms with Crippen molar-refractivity contribution in [1.29, 1.82) is 0 Å². The van der Waals surface area contributed by atoms with Crippen molar-refractivity contribution >= 4 is 11.8 Å². The number of nitrogens with zero attached hydrogens (tertiary/aromatic N) is 4. The fourth-order valence-corrected chi connectivity index (χ4v) is 5.69. The van der Waals surface area contributed by atoms with E-state index in [9.17, 15) is 4.79 Å². The number of benzene rings is 4. The van der Waals surface area contributed by atoms with Gasteiger partial charge in [0.2, 0.25) is 5.90 Å². The number of amides is 1. The van der Waals surface area contributed by atoms with Crippen molar-refractivity contribution in [3.8, 4) is 17.2 Å². The summed E-state index contributed by atoms with van der Waals surface area (Å²) in [5, 5.41) is 12.9. The highest BCUT2D eigenvalue weighted by atomic mass is 16.5. The minimum absolute atomic E-state index is 0.0465. The summed E-state index contributed by atoms with van der Waals surface area (Å²) in [5.74, 6) is 1.84. The predicted molar refractivity (Wildman–Crippen MR) is 186 cm³/mol. The lowest BCUT2D eigenvalue weighted by atomic mass is 9.81. The van der Waals surface area contributed by atoms with Crippen LogP contribution in [0.3, 0.4) is 0 Å². The van der Waals surface area contributed by atoms with Crippen LogP contribution >= 0.6 is 0 Å². The van der Waals surface area contributed by atoms with Gasteiger partial charge in [-0.05, 0) is 70.6 Å². The number of aliphatic imine (C=N–C) groups is 1. The number of nitrogens with one attached hydrogen (secondary N) is 2. The number of hydrogen-bond donors (Lipinski definition) is 3. The van der Waals surface area contributed by atoms with Crippen molar-refractivity contribution in [3.05, 3.63) is 135 Å². The van der Waals surface area contributed by atoms with Gasteiger partial charge < -0.3 is 24.1 Å². The summed E-state index contributed by atoms with van der Waals surface area (Å²) in [6.07, 6.45) is 0.503. The lowest BCUT2D eigenvalue weighted by Crippen LogP contribution is -2.54. The molecule has 12 nitrogen and oxygen atoms in total. The van der Waals surface area contributed by atoms with Crippen LogP contribution in [0.4, 0.5) is 0 Å². The third-order valence-electron chi connectivity index (χ3n) is 8.20. The van der Waals surface area contributed by atoms with Gasteiger partial charge in [0.15, 0.2) is 23.1 Å². The van der Waals surface area contributed by atoms with Gasteiger partial charge in [0.25, 0.3) is 5.91 Å². The standard InChI is InChI=1S/C37H40N6O6/c1-46-32-18-13-26(23-33(32)47-2)19-20-39-42-36(45)37(24-29-11-6-7-12-30(29)25-40-43-38)34(27-9-4-3-5-10-27)49-35(41-37)28-14-16-31(17-15-28)48-22-8-21-44/h3-7,9-18,23,34,39,44H,8,19-22,24-25H2,1-2H3,(H,42,45)/t34-,37-/m0/s1. The average molecular weight is 665 g/mol. The second-order valence-corrected chi connectivity index (χ2v) is 11.4. The molecule has 0 saturated heterocycles. The molecule has 0 aliphatic carbocycles. The number of aliphatic hydroxyl groups excluding tert-OH is 1. The molecule has 0 saturated carbocycles. The van der Waals surface area contributed by atoms with E-state index in [1.807, 2.05) is 84.9 Å². The first-order valence-corrected chi connectivity index (χ1v) is 16.0.